The number of aryl methyl sites for hydroxylation is 2. The van der Waals surface area contributed by atoms with E-state index in [1.165, 1.54) is 18.2 Å². The van der Waals surface area contributed by atoms with Crippen molar-refractivity contribution >= 4 is 23.2 Å². The Hall–Kier alpha value is -4.40. The molecule has 4 rings (SSSR count). The summed E-state index contributed by atoms with van der Waals surface area (Å²) in [6.45, 7) is 0.839. The molecule has 0 bridgehead atoms. The molecular weight excluding hydrogens is 537 g/mol. The average Bonchev–Trinajstić information content (AvgIpc) is 3.58. The SMILES string of the molecule is O=C(NCc1ccccn1)c1cn(CCCCc2nnc(C(=O)NCc3cccc(OC(F)(F)F)c3)s2)nn1. The van der Waals surface area contributed by atoms with E-state index in [0.717, 1.165) is 29.9 Å². The Morgan fingerprint density at radius 2 is 1.82 bits per heavy atom. The number of carbonyl (C=O) groups is 2. The maximum atomic E-state index is 12.4. The molecule has 0 fully saturated rings. The Kier molecular flexibility index (Phi) is 9.14. The van der Waals surface area contributed by atoms with Crippen LogP contribution in [0.1, 0.15) is 49.4 Å². The second-order valence-electron chi connectivity index (χ2n) is 8.21. The van der Waals surface area contributed by atoms with Crippen LogP contribution < -0.4 is 15.4 Å². The van der Waals surface area contributed by atoms with Crippen molar-refractivity contribution in [1.82, 2.24) is 40.8 Å². The highest BCUT2D eigenvalue weighted by Crippen LogP contribution is 2.23. The van der Waals surface area contributed by atoms with Crippen LogP contribution in [0.3, 0.4) is 0 Å². The summed E-state index contributed by atoms with van der Waals surface area (Å²) in [5, 5.41) is 22.0. The third kappa shape index (κ3) is 8.84. The summed E-state index contributed by atoms with van der Waals surface area (Å²) in [6, 6.07) is 10.8. The van der Waals surface area contributed by atoms with Gasteiger partial charge >= 0.3 is 6.36 Å². The molecule has 0 spiro atoms. The van der Waals surface area contributed by atoms with E-state index in [1.54, 1.807) is 29.2 Å². The van der Waals surface area contributed by atoms with Crippen molar-refractivity contribution in [3.8, 4) is 5.75 Å². The number of benzene rings is 1. The largest absolute Gasteiger partial charge is 0.573 e. The zero-order chi connectivity index (χ0) is 27.7. The summed E-state index contributed by atoms with van der Waals surface area (Å²) < 4.78 is 42.6. The molecule has 39 heavy (non-hydrogen) atoms. The quantitative estimate of drug-likeness (QED) is 0.252. The average molecular weight is 561 g/mol. The Balaban J connectivity index is 1.16. The zero-order valence-corrected chi connectivity index (χ0v) is 21.2. The van der Waals surface area contributed by atoms with Gasteiger partial charge in [-0.3, -0.25) is 19.3 Å². The van der Waals surface area contributed by atoms with Gasteiger partial charge in [-0.25, -0.2) is 0 Å². The number of ether oxygens (including phenoxy) is 1. The first-order chi connectivity index (χ1) is 18.7. The molecule has 4 aromatic rings. The molecule has 1 aromatic carbocycles. The molecule has 11 nitrogen and oxygen atoms in total. The molecule has 0 aliphatic heterocycles. The van der Waals surface area contributed by atoms with Gasteiger partial charge < -0.3 is 15.4 Å². The van der Waals surface area contributed by atoms with Gasteiger partial charge in [0.25, 0.3) is 11.8 Å². The Morgan fingerprint density at radius 1 is 0.974 bits per heavy atom. The van der Waals surface area contributed by atoms with Gasteiger partial charge in [0.15, 0.2) is 5.69 Å². The van der Waals surface area contributed by atoms with E-state index in [1.807, 2.05) is 12.1 Å². The summed E-state index contributed by atoms with van der Waals surface area (Å²) in [6.07, 6.45) is 0.499. The van der Waals surface area contributed by atoms with Crippen molar-refractivity contribution < 1.29 is 27.5 Å². The number of aromatic nitrogens is 6. The highest BCUT2D eigenvalue weighted by Gasteiger charge is 2.31. The third-order valence-corrected chi connectivity index (χ3v) is 6.18. The Morgan fingerprint density at radius 3 is 2.62 bits per heavy atom. The Bertz CT molecular complexity index is 1390. The van der Waals surface area contributed by atoms with E-state index in [4.69, 9.17) is 0 Å². The minimum absolute atomic E-state index is 0.00383. The van der Waals surface area contributed by atoms with Gasteiger partial charge in [-0.2, -0.15) is 0 Å². The number of unbranched alkanes of at least 4 members (excludes halogenated alkanes) is 1. The van der Waals surface area contributed by atoms with Crippen LogP contribution in [-0.4, -0.2) is 48.4 Å². The lowest BCUT2D eigenvalue weighted by Gasteiger charge is -2.10. The van der Waals surface area contributed by atoms with Gasteiger partial charge in [0.05, 0.1) is 18.4 Å². The van der Waals surface area contributed by atoms with Crippen LogP contribution >= 0.6 is 11.3 Å². The van der Waals surface area contributed by atoms with Crippen LogP contribution in [0.15, 0.2) is 54.9 Å². The number of alkyl halides is 3. The van der Waals surface area contributed by atoms with Crippen LogP contribution in [-0.2, 0) is 26.1 Å². The molecule has 0 aliphatic rings. The second-order valence-corrected chi connectivity index (χ2v) is 9.27. The van der Waals surface area contributed by atoms with E-state index in [0.29, 0.717) is 30.1 Å². The van der Waals surface area contributed by atoms with Gasteiger partial charge in [0.1, 0.15) is 10.8 Å². The number of rotatable bonds is 12. The Labute approximate surface area is 224 Å². The maximum absolute atomic E-state index is 12.4. The number of carbonyl (C=O) groups excluding carboxylic acids is 2. The predicted molar refractivity (Wildman–Crippen MR) is 133 cm³/mol. The monoisotopic (exact) mass is 560 g/mol. The molecule has 0 atom stereocenters. The van der Waals surface area contributed by atoms with Crippen LogP contribution in [0.25, 0.3) is 0 Å². The van der Waals surface area contributed by atoms with E-state index < -0.39 is 12.3 Å². The van der Waals surface area contributed by atoms with Crippen molar-refractivity contribution in [2.24, 2.45) is 0 Å². The number of halogens is 3. The van der Waals surface area contributed by atoms with E-state index in [2.05, 4.69) is 40.9 Å². The molecule has 204 valence electrons. The van der Waals surface area contributed by atoms with Gasteiger partial charge in [-0.1, -0.05) is 34.7 Å². The molecule has 0 saturated carbocycles. The summed E-state index contributed by atoms with van der Waals surface area (Å²) in [4.78, 5) is 28.8. The summed E-state index contributed by atoms with van der Waals surface area (Å²) >= 11 is 1.14. The molecule has 0 radical (unpaired) electrons. The lowest BCUT2D eigenvalue weighted by atomic mass is 10.2. The van der Waals surface area contributed by atoms with Gasteiger partial charge in [-0.05, 0) is 42.7 Å². The normalized spacial score (nSPS) is 11.3. The van der Waals surface area contributed by atoms with Crippen molar-refractivity contribution in [2.45, 2.75) is 45.3 Å². The van der Waals surface area contributed by atoms with Crippen molar-refractivity contribution in [1.29, 1.82) is 0 Å². The minimum atomic E-state index is -4.79. The molecule has 2 N–H and O–H groups in total. The van der Waals surface area contributed by atoms with Crippen molar-refractivity contribution in [3.05, 3.63) is 81.8 Å². The molecule has 0 saturated heterocycles. The molecule has 15 heteroatoms. The van der Waals surface area contributed by atoms with Crippen LogP contribution in [0, 0.1) is 0 Å². The van der Waals surface area contributed by atoms with Crippen LogP contribution in [0.2, 0.25) is 0 Å². The molecule has 3 aromatic heterocycles. The van der Waals surface area contributed by atoms with E-state index >= 15 is 0 Å². The molecule has 3 heterocycles. The van der Waals surface area contributed by atoms with E-state index in [9.17, 15) is 22.8 Å². The minimum Gasteiger partial charge on any atom is -0.406 e. The van der Waals surface area contributed by atoms with Crippen LogP contribution in [0.4, 0.5) is 13.2 Å². The molecule has 2 amide bonds. The van der Waals surface area contributed by atoms with Gasteiger partial charge in [0.2, 0.25) is 5.01 Å². The topological polar surface area (TPSA) is 137 Å². The van der Waals surface area contributed by atoms with Gasteiger partial charge in [0, 0.05) is 25.7 Å². The number of amides is 2. The predicted octanol–water partition coefficient (Wildman–Crippen LogP) is 3.31. The lowest BCUT2D eigenvalue weighted by Crippen LogP contribution is -2.23. The fraction of sp³-hybridized carbons (Fsp3) is 0.292. The fourth-order valence-electron chi connectivity index (χ4n) is 3.38. The highest BCUT2D eigenvalue weighted by molar-refractivity contribution is 7.13. The lowest BCUT2D eigenvalue weighted by molar-refractivity contribution is -0.274. The summed E-state index contributed by atoms with van der Waals surface area (Å²) in [5.74, 6) is -1.18. The molecular formula is C24H23F3N8O3S. The fourth-order valence-corrected chi connectivity index (χ4v) is 4.18. The second kappa shape index (κ2) is 12.9. The first kappa shape index (κ1) is 27.6. The smallest absolute Gasteiger partial charge is 0.406 e. The number of nitrogens with one attached hydrogen (secondary N) is 2. The van der Waals surface area contributed by atoms with E-state index in [-0.39, 0.29) is 28.9 Å². The maximum Gasteiger partial charge on any atom is 0.573 e. The van der Waals surface area contributed by atoms with Crippen LogP contribution in [0.5, 0.6) is 5.75 Å². The van der Waals surface area contributed by atoms with Crippen molar-refractivity contribution in [2.75, 3.05) is 0 Å². The third-order valence-electron chi connectivity index (χ3n) is 5.20. The number of hydrogen-bond acceptors (Lipinski definition) is 9. The number of nitrogens with zero attached hydrogens (tertiary/aromatic N) is 6. The summed E-state index contributed by atoms with van der Waals surface area (Å²) in [5.41, 5.74) is 1.39. The highest BCUT2D eigenvalue weighted by atomic mass is 32.1. The number of pyridine rings is 1. The first-order valence-corrected chi connectivity index (χ1v) is 12.6. The molecule has 0 aliphatic carbocycles. The zero-order valence-electron chi connectivity index (χ0n) is 20.4. The first-order valence-electron chi connectivity index (χ1n) is 11.8. The standard InChI is InChI=1S/C24H23F3N8O3S/c25-24(26,27)38-18-8-5-6-16(12-18)13-29-22(37)23-33-32-20(39-23)9-2-4-11-35-15-19(31-34-35)21(36)30-14-17-7-1-3-10-28-17/h1,3,5-8,10,12,15H,2,4,9,11,13-14H2,(H,29,37)(H,30,36). The van der Waals surface area contributed by atoms with Gasteiger partial charge in [-0.15, -0.1) is 28.5 Å². The summed E-state index contributed by atoms with van der Waals surface area (Å²) in [7, 11) is 0. The molecule has 0 unspecified atom stereocenters. The van der Waals surface area contributed by atoms with Crippen molar-refractivity contribution in [3.63, 3.8) is 0 Å². The number of hydrogen-bond donors (Lipinski definition) is 2.